The number of benzene rings is 2. The Morgan fingerprint density at radius 3 is 2.30 bits per heavy atom. The monoisotopic (exact) mass is 637 g/mol. The van der Waals surface area contributed by atoms with Crippen molar-refractivity contribution in [3.8, 4) is 23.0 Å². The minimum Gasteiger partial charge on any atom is -0.493 e. The van der Waals surface area contributed by atoms with Crippen molar-refractivity contribution in [2.75, 3.05) is 27.9 Å². The fourth-order valence-electron chi connectivity index (χ4n) is 3.00. The third-order valence-corrected chi connectivity index (χ3v) is 5.73. The lowest BCUT2D eigenvalue weighted by atomic mass is 10.1. The molecule has 13 heteroatoms. The molecule has 3 aromatic rings. The Kier molecular flexibility index (Phi) is 9.69. The number of nitrogens with one attached hydrogen (secondary N) is 2. The molecule has 1 heterocycles. The Labute approximate surface area is 228 Å². The number of esters is 1. The lowest BCUT2D eigenvalue weighted by molar-refractivity contribution is -0.120. The number of rotatable bonds is 10. The zero-order chi connectivity index (χ0) is 26.9. The van der Waals surface area contributed by atoms with Gasteiger partial charge in [-0.3, -0.25) is 9.59 Å². The molecule has 0 saturated carbocycles. The van der Waals surface area contributed by atoms with Gasteiger partial charge in [-0.1, -0.05) is 15.9 Å². The van der Waals surface area contributed by atoms with Crippen molar-refractivity contribution in [1.82, 2.24) is 10.7 Å². The van der Waals surface area contributed by atoms with Gasteiger partial charge in [-0.25, -0.2) is 10.2 Å². The summed E-state index contributed by atoms with van der Waals surface area (Å²) in [5, 5.41) is 6.30. The lowest BCUT2D eigenvalue weighted by Gasteiger charge is -2.15. The molecule has 3 rings (SSSR count). The first-order valence-electron chi connectivity index (χ1n) is 10.4. The molecule has 0 radical (unpaired) electrons. The first-order chi connectivity index (χ1) is 17.8. The van der Waals surface area contributed by atoms with Crippen molar-refractivity contribution in [3.63, 3.8) is 0 Å². The van der Waals surface area contributed by atoms with Crippen molar-refractivity contribution < 1.29 is 37.7 Å². The normalized spacial score (nSPS) is 10.6. The van der Waals surface area contributed by atoms with Gasteiger partial charge in [0.2, 0.25) is 5.75 Å². The fourth-order valence-corrected chi connectivity index (χ4v) is 4.34. The summed E-state index contributed by atoms with van der Waals surface area (Å²) in [6, 6.07) is 9.26. The van der Waals surface area contributed by atoms with E-state index >= 15 is 0 Å². The molecule has 0 aliphatic rings. The van der Waals surface area contributed by atoms with E-state index in [2.05, 4.69) is 47.7 Å². The fraction of sp³-hybridized carbons (Fsp3) is 0.167. The van der Waals surface area contributed by atoms with E-state index in [0.717, 1.165) is 0 Å². The van der Waals surface area contributed by atoms with Crippen LogP contribution in [0.1, 0.15) is 26.5 Å². The van der Waals surface area contributed by atoms with E-state index in [-0.39, 0.29) is 35.1 Å². The summed E-state index contributed by atoms with van der Waals surface area (Å²) >= 11 is 6.75. The highest BCUT2D eigenvalue weighted by Gasteiger charge is 2.20. The highest BCUT2D eigenvalue weighted by molar-refractivity contribution is 9.11. The highest BCUT2D eigenvalue weighted by atomic mass is 79.9. The summed E-state index contributed by atoms with van der Waals surface area (Å²) in [5.74, 6) is -0.710. The molecule has 11 nitrogen and oxygen atoms in total. The zero-order valence-electron chi connectivity index (χ0n) is 19.8. The molecule has 0 unspecified atom stereocenters. The van der Waals surface area contributed by atoms with Crippen molar-refractivity contribution in [1.29, 1.82) is 0 Å². The van der Waals surface area contributed by atoms with Crippen LogP contribution in [-0.4, -0.2) is 51.9 Å². The average molecular weight is 639 g/mol. The van der Waals surface area contributed by atoms with Crippen LogP contribution in [0.15, 0.2) is 61.1 Å². The van der Waals surface area contributed by atoms with E-state index in [1.165, 1.54) is 52.0 Å². The number of carbonyl (C=O) groups excluding carboxylic acids is 3. The first-order valence-corrected chi connectivity index (χ1v) is 12.0. The van der Waals surface area contributed by atoms with Gasteiger partial charge in [0.1, 0.15) is 0 Å². The number of hydrogen-bond donors (Lipinski definition) is 2. The lowest BCUT2D eigenvalue weighted by Crippen LogP contribution is -2.34. The van der Waals surface area contributed by atoms with Gasteiger partial charge in [-0.05, 0) is 52.3 Å². The number of methoxy groups -OCH3 is 3. The third-order valence-electron chi connectivity index (χ3n) is 4.68. The standard InChI is InChI=1S/C24H21Br2N3O8/c1-33-18-8-13(9-19(34-2)22(18)35-3)24(32)37-21-14(7-15(25)10-16(21)26)11-28-29-20(30)12-27-23(31)17-5-4-6-36-17/h4-11H,12H2,1-3H3,(H,27,31)(H,29,30)/b28-11-. The van der Waals surface area contributed by atoms with E-state index in [0.29, 0.717) is 20.3 Å². The van der Waals surface area contributed by atoms with E-state index in [1.807, 2.05) is 0 Å². The number of carbonyl (C=O) groups is 3. The number of halogens is 2. The third kappa shape index (κ3) is 7.11. The molecule has 0 bridgehead atoms. The maximum atomic E-state index is 13.0. The van der Waals surface area contributed by atoms with Gasteiger partial charge in [0.15, 0.2) is 23.0 Å². The maximum absolute atomic E-state index is 13.0. The van der Waals surface area contributed by atoms with Gasteiger partial charge in [0.05, 0.1) is 50.4 Å². The molecule has 0 saturated heterocycles. The zero-order valence-corrected chi connectivity index (χ0v) is 23.0. The van der Waals surface area contributed by atoms with Gasteiger partial charge < -0.3 is 28.7 Å². The van der Waals surface area contributed by atoms with Gasteiger partial charge in [-0.15, -0.1) is 0 Å². The summed E-state index contributed by atoms with van der Waals surface area (Å²) in [7, 11) is 4.32. The van der Waals surface area contributed by atoms with Gasteiger partial charge >= 0.3 is 5.97 Å². The average Bonchev–Trinajstić information content (AvgIpc) is 3.43. The topological polar surface area (TPSA) is 138 Å². The number of furan rings is 1. The van der Waals surface area contributed by atoms with E-state index in [4.69, 9.17) is 23.4 Å². The molecule has 0 aliphatic heterocycles. The second-order valence-electron chi connectivity index (χ2n) is 7.06. The molecule has 0 aliphatic carbocycles. The van der Waals surface area contributed by atoms with Crippen molar-refractivity contribution >= 4 is 55.9 Å². The second-order valence-corrected chi connectivity index (χ2v) is 8.83. The number of nitrogens with zero attached hydrogens (tertiary/aromatic N) is 1. The summed E-state index contributed by atoms with van der Waals surface area (Å²) in [6.45, 7) is -0.331. The van der Waals surface area contributed by atoms with Gasteiger partial charge in [0.25, 0.3) is 11.8 Å². The predicted molar refractivity (Wildman–Crippen MR) is 140 cm³/mol. The molecule has 2 aromatic carbocycles. The smallest absolute Gasteiger partial charge is 0.343 e. The minimum absolute atomic E-state index is 0.0776. The van der Waals surface area contributed by atoms with Crippen LogP contribution in [0.4, 0.5) is 0 Å². The Hall–Kier alpha value is -3.84. The second kappa shape index (κ2) is 12.9. The largest absolute Gasteiger partial charge is 0.493 e. The quantitative estimate of drug-likeness (QED) is 0.147. The van der Waals surface area contributed by atoms with E-state index < -0.39 is 17.8 Å². The Morgan fingerprint density at radius 2 is 1.70 bits per heavy atom. The van der Waals surface area contributed by atoms with Crippen LogP contribution in [0, 0.1) is 0 Å². The summed E-state index contributed by atoms with van der Waals surface area (Å²) in [6.07, 6.45) is 2.64. The molecule has 0 fully saturated rings. The minimum atomic E-state index is -0.707. The molecule has 0 spiro atoms. The Bertz CT molecular complexity index is 1300. The van der Waals surface area contributed by atoms with E-state index in [9.17, 15) is 14.4 Å². The van der Waals surface area contributed by atoms with Gasteiger partial charge in [-0.2, -0.15) is 5.10 Å². The number of amides is 2. The van der Waals surface area contributed by atoms with Crippen LogP contribution in [-0.2, 0) is 4.79 Å². The number of ether oxygens (including phenoxy) is 4. The summed E-state index contributed by atoms with van der Waals surface area (Å²) < 4.78 is 27.6. The van der Waals surface area contributed by atoms with Crippen LogP contribution in [0.2, 0.25) is 0 Å². The van der Waals surface area contributed by atoms with Crippen LogP contribution >= 0.6 is 31.9 Å². The maximum Gasteiger partial charge on any atom is 0.343 e. The van der Waals surface area contributed by atoms with Crippen molar-refractivity contribution in [2.24, 2.45) is 5.10 Å². The van der Waals surface area contributed by atoms with Crippen molar-refractivity contribution in [2.45, 2.75) is 0 Å². The van der Waals surface area contributed by atoms with Crippen LogP contribution in [0.3, 0.4) is 0 Å². The van der Waals surface area contributed by atoms with Crippen LogP contribution in [0.25, 0.3) is 0 Å². The summed E-state index contributed by atoms with van der Waals surface area (Å²) in [5.41, 5.74) is 2.80. The van der Waals surface area contributed by atoms with Crippen molar-refractivity contribution in [3.05, 3.63) is 68.5 Å². The van der Waals surface area contributed by atoms with E-state index in [1.54, 1.807) is 18.2 Å². The molecule has 1 aromatic heterocycles. The molecule has 194 valence electrons. The molecule has 2 N–H and O–H groups in total. The SMILES string of the molecule is COc1cc(C(=O)Oc2c(Br)cc(Br)cc2/C=N\NC(=O)CNC(=O)c2ccco2)cc(OC)c1OC. The summed E-state index contributed by atoms with van der Waals surface area (Å²) in [4.78, 5) is 36.9. The Morgan fingerprint density at radius 1 is 1.00 bits per heavy atom. The molecule has 0 atom stereocenters. The van der Waals surface area contributed by atoms with Crippen LogP contribution < -0.4 is 29.7 Å². The van der Waals surface area contributed by atoms with Crippen LogP contribution in [0.5, 0.6) is 23.0 Å². The molecule has 2 amide bonds. The molecule has 37 heavy (non-hydrogen) atoms. The number of hydrogen-bond acceptors (Lipinski definition) is 9. The Balaban J connectivity index is 1.74. The van der Waals surface area contributed by atoms with Gasteiger partial charge in [0, 0.05) is 10.0 Å². The first kappa shape index (κ1) is 27.7. The predicted octanol–water partition coefficient (Wildman–Crippen LogP) is 3.93. The molecular weight excluding hydrogens is 618 g/mol. The highest BCUT2D eigenvalue weighted by Crippen LogP contribution is 2.39. The number of hydrazone groups is 1. The molecular formula is C24H21Br2N3O8.